The van der Waals surface area contributed by atoms with E-state index >= 15 is 0 Å². The van der Waals surface area contributed by atoms with Gasteiger partial charge < -0.3 is 24.3 Å². The molecule has 2 aromatic carbocycles. The Morgan fingerprint density at radius 3 is 2.29 bits per heavy atom. The molecule has 0 saturated carbocycles. The summed E-state index contributed by atoms with van der Waals surface area (Å²) in [5.41, 5.74) is 3.01. The van der Waals surface area contributed by atoms with Crippen LogP contribution in [-0.4, -0.2) is 46.5 Å². The van der Waals surface area contributed by atoms with Crippen LogP contribution >= 0.6 is 0 Å². The summed E-state index contributed by atoms with van der Waals surface area (Å²) >= 11 is 0. The SMILES string of the molecule is COc1ccc(OC)c(NC(=O)C(=O)NN=Cc2cccc(OC)c2OC)c1. The molecule has 2 rings (SSSR count). The molecule has 0 aliphatic heterocycles. The topological polar surface area (TPSA) is 107 Å². The number of methoxy groups -OCH3 is 4. The second-order valence-electron chi connectivity index (χ2n) is 5.30. The molecule has 0 atom stereocenters. The Bertz CT molecular complexity index is 882. The zero-order valence-corrected chi connectivity index (χ0v) is 15.9. The molecule has 0 saturated heterocycles. The first kappa shape index (κ1) is 20.6. The molecule has 0 aliphatic carbocycles. The Morgan fingerprint density at radius 2 is 1.64 bits per heavy atom. The Hall–Kier alpha value is -3.75. The zero-order chi connectivity index (χ0) is 20.5. The maximum absolute atomic E-state index is 12.1. The number of ether oxygens (including phenoxy) is 4. The third-order valence-electron chi connectivity index (χ3n) is 3.66. The van der Waals surface area contributed by atoms with Crippen LogP contribution in [0.5, 0.6) is 23.0 Å². The molecule has 28 heavy (non-hydrogen) atoms. The highest BCUT2D eigenvalue weighted by molar-refractivity contribution is 6.39. The van der Waals surface area contributed by atoms with Gasteiger partial charge in [0.25, 0.3) is 0 Å². The standard InChI is InChI=1S/C19H21N3O6/c1-25-13-8-9-15(26-2)14(10-13)21-18(23)19(24)22-20-11-12-6-5-7-16(27-3)17(12)28-4/h5-11H,1-4H3,(H,21,23)(H,22,24). The van der Waals surface area contributed by atoms with Gasteiger partial charge in [0.15, 0.2) is 11.5 Å². The lowest BCUT2D eigenvalue weighted by Crippen LogP contribution is -2.32. The van der Waals surface area contributed by atoms with Gasteiger partial charge in [-0.1, -0.05) is 6.07 Å². The smallest absolute Gasteiger partial charge is 0.329 e. The second kappa shape index (κ2) is 9.81. The Balaban J connectivity index is 2.06. The lowest BCUT2D eigenvalue weighted by Gasteiger charge is -2.11. The summed E-state index contributed by atoms with van der Waals surface area (Å²) in [5.74, 6) is -0.0234. The van der Waals surface area contributed by atoms with Crippen molar-refractivity contribution in [3.05, 3.63) is 42.0 Å². The zero-order valence-electron chi connectivity index (χ0n) is 15.9. The van der Waals surface area contributed by atoms with E-state index < -0.39 is 11.8 Å². The fraction of sp³-hybridized carbons (Fsp3) is 0.211. The second-order valence-corrected chi connectivity index (χ2v) is 5.30. The van der Waals surface area contributed by atoms with Gasteiger partial charge in [-0.25, -0.2) is 5.43 Å². The minimum atomic E-state index is -0.956. The molecule has 2 N–H and O–H groups in total. The van der Waals surface area contributed by atoms with Crippen LogP contribution in [0.3, 0.4) is 0 Å². The average Bonchev–Trinajstić information content (AvgIpc) is 2.73. The highest BCUT2D eigenvalue weighted by Crippen LogP contribution is 2.30. The summed E-state index contributed by atoms with van der Waals surface area (Å²) < 4.78 is 20.7. The van der Waals surface area contributed by atoms with Crippen LogP contribution < -0.4 is 29.7 Å². The molecule has 0 aliphatic rings. The van der Waals surface area contributed by atoms with Crippen LogP contribution in [0.25, 0.3) is 0 Å². The number of nitrogens with one attached hydrogen (secondary N) is 2. The van der Waals surface area contributed by atoms with Crippen molar-refractivity contribution in [2.24, 2.45) is 5.10 Å². The molecule has 0 radical (unpaired) electrons. The van der Waals surface area contributed by atoms with Crippen molar-refractivity contribution in [1.29, 1.82) is 0 Å². The van der Waals surface area contributed by atoms with E-state index in [0.717, 1.165) is 0 Å². The lowest BCUT2D eigenvalue weighted by molar-refractivity contribution is -0.136. The maximum Gasteiger partial charge on any atom is 0.329 e. The van der Waals surface area contributed by atoms with Crippen molar-refractivity contribution in [3.63, 3.8) is 0 Å². The number of hydrogen-bond acceptors (Lipinski definition) is 7. The van der Waals surface area contributed by atoms with Gasteiger partial charge in [-0.15, -0.1) is 0 Å². The minimum absolute atomic E-state index is 0.292. The summed E-state index contributed by atoms with van der Waals surface area (Å²) in [4.78, 5) is 24.1. The third kappa shape index (κ3) is 4.91. The molecular weight excluding hydrogens is 366 g/mol. The molecule has 0 fully saturated rings. The number of carbonyl (C=O) groups is 2. The van der Waals surface area contributed by atoms with Gasteiger partial charge in [0.2, 0.25) is 0 Å². The number of anilines is 1. The Kier molecular flexibility index (Phi) is 7.21. The van der Waals surface area contributed by atoms with Gasteiger partial charge >= 0.3 is 11.8 Å². The molecule has 0 unspecified atom stereocenters. The summed E-state index contributed by atoms with van der Waals surface area (Å²) in [6.45, 7) is 0. The van der Waals surface area contributed by atoms with Gasteiger partial charge in [-0.2, -0.15) is 5.10 Å². The van der Waals surface area contributed by atoms with Gasteiger partial charge in [0.05, 0.1) is 40.3 Å². The number of rotatable bonds is 7. The Morgan fingerprint density at radius 1 is 0.893 bits per heavy atom. The van der Waals surface area contributed by atoms with E-state index in [1.54, 1.807) is 30.3 Å². The summed E-state index contributed by atoms with van der Waals surface area (Å²) in [7, 11) is 5.94. The van der Waals surface area contributed by atoms with E-state index in [9.17, 15) is 9.59 Å². The van der Waals surface area contributed by atoms with Crippen molar-refractivity contribution < 1.29 is 28.5 Å². The monoisotopic (exact) mass is 387 g/mol. The summed E-state index contributed by atoms with van der Waals surface area (Å²) in [5, 5.41) is 6.24. The van der Waals surface area contributed by atoms with Crippen molar-refractivity contribution >= 4 is 23.7 Å². The summed E-state index contributed by atoms with van der Waals surface area (Å²) in [6, 6.07) is 10.0. The van der Waals surface area contributed by atoms with Crippen molar-refractivity contribution in [1.82, 2.24) is 5.43 Å². The highest BCUT2D eigenvalue weighted by Gasteiger charge is 2.16. The molecule has 148 valence electrons. The number of para-hydroxylation sites is 1. The van der Waals surface area contributed by atoms with Crippen LogP contribution in [0, 0.1) is 0 Å². The minimum Gasteiger partial charge on any atom is -0.497 e. The molecule has 0 heterocycles. The van der Waals surface area contributed by atoms with E-state index in [2.05, 4.69) is 15.8 Å². The third-order valence-corrected chi connectivity index (χ3v) is 3.66. The Labute approximate surface area is 162 Å². The molecule has 2 aromatic rings. The van der Waals surface area contributed by atoms with E-state index in [-0.39, 0.29) is 0 Å². The van der Waals surface area contributed by atoms with Gasteiger partial charge in [-0.3, -0.25) is 9.59 Å². The van der Waals surface area contributed by atoms with Crippen molar-refractivity contribution in [2.75, 3.05) is 33.8 Å². The first-order valence-electron chi connectivity index (χ1n) is 8.11. The number of hydrogen-bond donors (Lipinski definition) is 2. The molecule has 9 nitrogen and oxygen atoms in total. The molecule has 9 heteroatoms. The molecule has 0 aromatic heterocycles. The molecule has 0 bridgehead atoms. The predicted octanol–water partition coefficient (Wildman–Crippen LogP) is 1.81. The normalized spacial score (nSPS) is 10.3. The first-order valence-corrected chi connectivity index (χ1v) is 8.11. The molecular formula is C19H21N3O6. The average molecular weight is 387 g/mol. The van der Waals surface area contributed by atoms with Crippen LogP contribution in [0.4, 0.5) is 5.69 Å². The van der Waals surface area contributed by atoms with Crippen LogP contribution in [0.15, 0.2) is 41.5 Å². The van der Waals surface area contributed by atoms with E-state index in [1.807, 2.05) is 0 Å². The molecule has 0 spiro atoms. The lowest BCUT2D eigenvalue weighted by atomic mass is 10.2. The van der Waals surface area contributed by atoms with E-state index in [4.69, 9.17) is 18.9 Å². The number of hydrazone groups is 1. The van der Waals surface area contributed by atoms with Crippen LogP contribution in [0.2, 0.25) is 0 Å². The van der Waals surface area contributed by atoms with Crippen molar-refractivity contribution in [2.45, 2.75) is 0 Å². The number of amides is 2. The van der Waals surface area contributed by atoms with E-state index in [1.165, 1.54) is 40.7 Å². The van der Waals surface area contributed by atoms with Gasteiger partial charge in [0, 0.05) is 11.6 Å². The highest BCUT2D eigenvalue weighted by atomic mass is 16.5. The van der Waals surface area contributed by atoms with Crippen LogP contribution in [-0.2, 0) is 9.59 Å². The number of carbonyl (C=O) groups excluding carboxylic acids is 2. The van der Waals surface area contributed by atoms with E-state index in [0.29, 0.717) is 34.2 Å². The largest absolute Gasteiger partial charge is 0.497 e. The fourth-order valence-electron chi connectivity index (χ4n) is 2.32. The van der Waals surface area contributed by atoms with Crippen molar-refractivity contribution in [3.8, 4) is 23.0 Å². The van der Waals surface area contributed by atoms with Gasteiger partial charge in [0.1, 0.15) is 11.5 Å². The first-order chi connectivity index (χ1) is 13.5. The fourth-order valence-corrected chi connectivity index (χ4v) is 2.32. The quantitative estimate of drug-likeness (QED) is 0.426. The molecule has 2 amide bonds. The predicted molar refractivity (Wildman–Crippen MR) is 103 cm³/mol. The maximum atomic E-state index is 12.1. The number of nitrogens with zero attached hydrogens (tertiary/aromatic N) is 1. The number of benzene rings is 2. The summed E-state index contributed by atoms with van der Waals surface area (Å²) in [6.07, 6.45) is 1.35. The van der Waals surface area contributed by atoms with Gasteiger partial charge in [-0.05, 0) is 24.3 Å². The van der Waals surface area contributed by atoms with Crippen LogP contribution in [0.1, 0.15) is 5.56 Å².